The zero-order valence-corrected chi connectivity index (χ0v) is 21.8. The second-order valence-electron chi connectivity index (χ2n) is 9.92. The van der Waals surface area contributed by atoms with Crippen LogP contribution in [0.4, 0.5) is 0 Å². The highest BCUT2D eigenvalue weighted by molar-refractivity contribution is 6.86. The number of rotatable bonds is 0. The molecule has 0 unspecified atom stereocenters. The Morgan fingerprint density at radius 3 is 1.91 bits per heavy atom. The van der Waals surface area contributed by atoms with Crippen LogP contribution in [-0.4, -0.2) is 54.6 Å². The number of hydrogen-bond acceptors (Lipinski definition) is 10. The largest absolute Gasteiger partial charge is 0.451 e. The molecule has 6 rings (SSSR count). The lowest BCUT2D eigenvalue weighted by atomic mass is 10.1. The Balaban J connectivity index is 1.51. The first-order valence-electron chi connectivity index (χ1n) is 11.4. The van der Waals surface area contributed by atoms with Crippen LogP contribution < -0.4 is 4.90 Å². The Morgan fingerprint density at radius 1 is 0.800 bits per heavy atom. The van der Waals surface area contributed by atoms with E-state index in [1.165, 1.54) is 0 Å². The lowest BCUT2D eigenvalue weighted by Crippen LogP contribution is -2.57. The van der Waals surface area contributed by atoms with Crippen molar-refractivity contribution >= 4 is 28.1 Å². The van der Waals surface area contributed by atoms with E-state index < -0.39 is 16.6 Å². The van der Waals surface area contributed by atoms with Gasteiger partial charge in [-0.1, -0.05) is 22.4 Å². The van der Waals surface area contributed by atoms with Gasteiger partial charge in [0, 0.05) is 18.0 Å². The van der Waals surface area contributed by atoms with Crippen molar-refractivity contribution in [1.29, 1.82) is 0 Å². The van der Waals surface area contributed by atoms with Crippen LogP contribution in [0.1, 0.15) is 24.2 Å². The van der Waals surface area contributed by atoms with E-state index in [4.69, 9.17) is 28.4 Å². The third-order valence-corrected chi connectivity index (χ3v) is 14.5. The van der Waals surface area contributed by atoms with Gasteiger partial charge in [0.05, 0.1) is 11.4 Å². The molecular weight excluding hydrogens is 484 g/mol. The lowest BCUT2D eigenvalue weighted by molar-refractivity contribution is -0.793. The van der Waals surface area contributed by atoms with Crippen LogP contribution in [-0.2, 0) is 13.8 Å². The monoisotopic (exact) mass is 508 g/mol. The van der Waals surface area contributed by atoms with E-state index >= 15 is 0 Å². The summed E-state index contributed by atoms with van der Waals surface area (Å²) in [5.74, 6) is 0. The van der Waals surface area contributed by atoms with Crippen LogP contribution in [0.5, 0.6) is 0 Å². The SMILES string of the molecule is C[Si]1(C)O[Si](C)(C)[C@@H]2CC(=NO2)c2cccc(n2)-c2c(no[n+]2[O-])-c2cccc(n2)C2=NO[C@H]1C2. The summed E-state index contributed by atoms with van der Waals surface area (Å²) in [6.45, 7) is 8.60. The first-order chi connectivity index (χ1) is 16.7. The second-order valence-corrected chi connectivity index (χ2v) is 18.4. The fourth-order valence-corrected chi connectivity index (χ4v) is 13.2. The predicted molar refractivity (Wildman–Crippen MR) is 130 cm³/mol. The number of nitrogens with zero attached hydrogens (tertiary/aromatic N) is 6. The number of oxime groups is 2. The average Bonchev–Trinajstić information content (AvgIpc) is 3.58. The van der Waals surface area contributed by atoms with Gasteiger partial charge >= 0.3 is 0 Å². The number of pyridine rings is 2. The van der Waals surface area contributed by atoms with Crippen LogP contribution in [0.25, 0.3) is 22.8 Å². The summed E-state index contributed by atoms with van der Waals surface area (Å²) in [5, 5.41) is 25.3. The fraction of sp³-hybridized carbons (Fsp3) is 0.364. The molecule has 0 spiro atoms. The van der Waals surface area contributed by atoms with Gasteiger partial charge in [0.1, 0.15) is 34.3 Å². The van der Waals surface area contributed by atoms with E-state index in [1.807, 2.05) is 24.3 Å². The molecule has 6 heterocycles. The van der Waals surface area contributed by atoms with Crippen molar-refractivity contribution in [2.45, 2.75) is 50.5 Å². The Kier molecular flexibility index (Phi) is 4.91. The van der Waals surface area contributed by atoms with Crippen molar-refractivity contribution in [1.82, 2.24) is 15.1 Å². The van der Waals surface area contributed by atoms with Crippen molar-refractivity contribution < 1.29 is 23.3 Å². The molecule has 0 aromatic carbocycles. The molecule has 0 saturated carbocycles. The minimum absolute atomic E-state index is 0.157. The summed E-state index contributed by atoms with van der Waals surface area (Å²) in [5.41, 5.74) is 3.74. The molecule has 0 fully saturated rings. The van der Waals surface area contributed by atoms with Crippen LogP contribution in [0, 0.1) is 5.21 Å². The van der Waals surface area contributed by atoms with Gasteiger partial charge in [0.25, 0.3) is 11.4 Å². The first-order valence-corrected chi connectivity index (χ1v) is 17.4. The molecule has 35 heavy (non-hydrogen) atoms. The number of aromatic nitrogens is 4. The molecule has 0 amide bonds. The molecule has 3 aliphatic rings. The van der Waals surface area contributed by atoms with Crippen LogP contribution in [0.15, 0.2) is 51.3 Å². The highest BCUT2D eigenvalue weighted by atomic mass is 28.4. The quantitative estimate of drug-likeness (QED) is 0.335. The number of fused-ring (bicyclic) bond motifs is 13. The van der Waals surface area contributed by atoms with Crippen molar-refractivity contribution in [3.63, 3.8) is 0 Å². The van der Waals surface area contributed by atoms with Crippen molar-refractivity contribution in [3.8, 4) is 22.8 Å². The Bertz CT molecular complexity index is 1390. The van der Waals surface area contributed by atoms with E-state index in [9.17, 15) is 5.21 Å². The summed E-state index contributed by atoms with van der Waals surface area (Å²) in [7, 11) is -4.68. The molecule has 0 N–H and O–H groups in total. The van der Waals surface area contributed by atoms with Gasteiger partial charge in [0.15, 0.2) is 0 Å². The molecular formula is C22H24N6O5Si2. The molecule has 3 aliphatic heterocycles. The molecule has 0 aliphatic carbocycles. The third kappa shape index (κ3) is 3.75. The first kappa shape index (κ1) is 22.1. The molecule has 3 aromatic heterocycles. The normalized spacial score (nSPS) is 23.9. The minimum Gasteiger partial charge on any atom is -0.451 e. The maximum absolute atomic E-state index is 12.6. The Hall–Kier alpha value is -3.43. The summed E-state index contributed by atoms with van der Waals surface area (Å²) in [6, 6.07) is 10.9. The zero-order valence-electron chi connectivity index (χ0n) is 19.8. The number of hydrogen-bond donors (Lipinski definition) is 0. The van der Waals surface area contributed by atoms with Gasteiger partial charge in [-0.15, -0.1) is 0 Å². The molecule has 2 atom stereocenters. The van der Waals surface area contributed by atoms with Crippen LogP contribution in [0.2, 0.25) is 26.2 Å². The molecule has 0 radical (unpaired) electrons. The standard InChI is InChI=1S/C22H24N6O5Si2/c1-34(2)19-11-17(25-30-19)13-7-5-9-15(23-13)21-22(28(29)32-27-21)16-10-6-8-14(24-16)18-12-20(31-26-18)35(3,4)33-34/h5-10,19-20H,11-12H2,1-4H3/t19-,20-/m1/s1. The smallest absolute Gasteiger partial charge is 0.276 e. The fourth-order valence-electron chi connectivity index (χ4n) is 4.70. The summed E-state index contributed by atoms with van der Waals surface area (Å²) in [6.07, 6.45) is 1.16. The van der Waals surface area contributed by atoms with Gasteiger partial charge in [-0.3, -0.25) is 4.63 Å². The zero-order chi connectivity index (χ0) is 24.4. The topological polar surface area (TPSA) is 131 Å². The Morgan fingerprint density at radius 2 is 1.31 bits per heavy atom. The maximum atomic E-state index is 12.6. The molecule has 3 aromatic rings. The van der Waals surface area contributed by atoms with Gasteiger partial charge in [-0.2, -0.15) is 0 Å². The summed E-state index contributed by atoms with van der Waals surface area (Å²) >= 11 is 0. The highest BCUT2D eigenvalue weighted by Gasteiger charge is 2.49. The van der Waals surface area contributed by atoms with Gasteiger partial charge in [-0.25, -0.2) is 9.97 Å². The molecule has 11 nitrogen and oxygen atoms in total. The lowest BCUT2D eigenvalue weighted by Gasteiger charge is -2.38. The van der Waals surface area contributed by atoms with Crippen LogP contribution >= 0.6 is 0 Å². The van der Waals surface area contributed by atoms with Crippen molar-refractivity contribution in [2.24, 2.45) is 10.3 Å². The van der Waals surface area contributed by atoms with Crippen molar-refractivity contribution in [2.75, 3.05) is 0 Å². The Labute approximate surface area is 203 Å². The van der Waals surface area contributed by atoms with E-state index in [1.54, 1.807) is 12.1 Å². The van der Waals surface area contributed by atoms with E-state index in [-0.39, 0.29) is 17.1 Å². The predicted octanol–water partition coefficient (Wildman–Crippen LogP) is 2.94. The molecule has 13 heteroatoms. The average molecular weight is 509 g/mol. The highest BCUT2D eigenvalue weighted by Crippen LogP contribution is 2.33. The summed E-state index contributed by atoms with van der Waals surface area (Å²) < 4.78 is 11.8. The van der Waals surface area contributed by atoms with E-state index in [2.05, 4.69) is 41.7 Å². The van der Waals surface area contributed by atoms with E-state index in [0.717, 1.165) is 5.71 Å². The molecule has 180 valence electrons. The maximum Gasteiger partial charge on any atom is 0.276 e. The van der Waals surface area contributed by atoms with Crippen LogP contribution in [0.3, 0.4) is 0 Å². The second kappa shape index (κ2) is 7.79. The molecule has 0 saturated heterocycles. The van der Waals surface area contributed by atoms with Gasteiger partial charge in [0.2, 0.25) is 16.6 Å². The minimum atomic E-state index is -2.35. The van der Waals surface area contributed by atoms with E-state index in [0.29, 0.717) is 51.9 Å². The third-order valence-electron chi connectivity index (χ3n) is 6.60. The molecule has 8 bridgehead atoms. The van der Waals surface area contributed by atoms with Gasteiger partial charge in [-0.05, 0) is 55.4 Å². The summed E-state index contributed by atoms with van der Waals surface area (Å²) in [4.78, 5) is 21.6. The van der Waals surface area contributed by atoms with Gasteiger partial charge < -0.3 is 19.0 Å². The van der Waals surface area contributed by atoms with Crippen molar-refractivity contribution in [3.05, 3.63) is 53.0 Å².